The van der Waals surface area contributed by atoms with Crippen LogP contribution in [0.3, 0.4) is 0 Å². The minimum Gasteiger partial charge on any atom is -0.385 e. The summed E-state index contributed by atoms with van der Waals surface area (Å²) in [7, 11) is 1.65. The van der Waals surface area contributed by atoms with Gasteiger partial charge in [-0.15, -0.1) is 5.59 Å². The summed E-state index contributed by atoms with van der Waals surface area (Å²) >= 11 is 0. The summed E-state index contributed by atoms with van der Waals surface area (Å²) in [6.07, 6.45) is 0.893. The fourth-order valence-corrected chi connectivity index (χ4v) is 0.361. The minimum absolute atomic E-state index is 0.713. The average Bonchev–Trinajstić information content (AvgIpc) is 1.81. The Bertz CT molecular complexity index is 37.0. The van der Waals surface area contributed by atoms with Crippen LogP contribution in [0.1, 0.15) is 6.42 Å². The van der Waals surface area contributed by atoms with Crippen LogP contribution >= 0.6 is 0 Å². The molecule has 0 aromatic rings. The summed E-state index contributed by atoms with van der Waals surface area (Å²) in [4.78, 5) is 0. The van der Waals surface area contributed by atoms with Gasteiger partial charge in [-0.25, -0.2) is 5.43 Å². The number of rotatable bonds is 5. The molecule has 3 N–H and O–H groups in total. The maximum Gasteiger partial charge on any atom is 0.0474 e. The number of hydrogen-bond acceptors (Lipinski definition) is 4. The molecule has 0 radical (unpaired) electrons. The molecule has 0 bridgehead atoms. The lowest BCUT2D eigenvalue weighted by Crippen LogP contribution is -2.29. The predicted molar refractivity (Wildman–Crippen MR) is 29.4 cm³/mol. The summed E-state index contributed by atoms with van der Waals surface area (Å²) in [5.41, 5.74) is 4.33. The van der Waals surface area contributed by atoms with Gasteiger partial charge in [-0.2, -0.15) is 0 Å². The Morgan fingerprint density at radius 3 is 2.88 bits per heavy atom. The molecular weight excluding hydrogens is 108 g/mol. The highest BCUT2D eigenvalue weighted by Gasteiger charge is 1.81. The van der Waals surface area contributed by atoms with E-state index in [1.807, 2.05) is 5.59 Å². The van der Waals surface area contributed by atoms with Crippen molar-refractivity contribution in [2.75, 3.05) is 20.3 Å². The molecule has 8 heavy (non-hydrogen) atoms. The van der Waals surface area contributed by atoms with Crippen molar-refractivity contribution in [2.45, 2.75) is 6.42 Å². The van der Waals surface area contributed by atoms with E-state index in [-0.39, 0.29) is 0 Å². The third-order valence-corrected chi connectivity index (χ3v) is 0.729. The first kappa shape index (κ1) is 7.84. The molecule has 0 amide bonds. The third-order valence-electron chi connectivity index (χ3n) is 0.729. The van der Waals surface area contributed by atoms with Gasteiger partial charge in [0.15, 0.2) is 0 Å². The van der Waals surface area contributed by atoms with E-state index in [1.165, 1.54) is 0 Å². The molecule has 4 heteroatoms. The second-order valence-corrected chi connectivity index (χ2v) is 1.38. The Balaban J connectivity index is 2.53. The van der Waals surface area contributed by atoms with E-state index in [0.717, 1.165) is 6.42 Å². The number of hydrazine groups is 1. The molecule has 0 aliphatic heterocycles. The van der Waals surface area contributed by atoms with Gasteiger partial charge in [-0.1, -0.05) is 0 Å². The average molecular weight is 120 g/mol. The maximum atomic E-state index is 7.96. The second kappa shape index (κ2) is 6.84. The van der Waals surface area contributed by atoms with Gasteiger partial charge in [0.2, 0.25) is 0 Å². The topological polar surface area (TPSA) is 53.5 Å². The lowest BCUT2D eigenvalue weighted by atomic mass is 10.5. The maximum absolute atomic E-state index is 7.96. The van der Waals surface area contributed by atoms with Gasteiger partial charge in [-0.3, -0.25) is 0 Å². The van der Waals surface area contributed by atoms with Crippen LogP contribution in [0.2, 0.25) is 0 Å². The Morgan fingerprint density at radius 1 is 1.62 bits per heavy atom. The Labute approximate surface area is 48.8 Å². The molecule has 0 aliphatic rings. The normalized spacial score (nSPS) is 9.75. The van der Waals surface area contributed by atoms with Crippen molar-refractivity contribution >= 4 is 0 Å². The van der Waals surface area contributed by atoms with E-state index in [0.29, 0.717) is 13.2 Å². The van der Waals surface area contributed by atoms with Gasteiger partial charge in [0, 0.05) is 20.3 Å². The molecule has 0 fully saturated rings. The van der Waals surface area contributed by atoms with E-state index >= 15 is 0 Å². The molecule has 0 heterocycles. The summed E-state index contributed by atoms with van der Waals surface area (Å²) in [6, 6.07) is 0. The zero-order valence-electron chi connectivity index (χ0n) is 4.98. The molecule has 0 aromatic carbocycles. The molecule has 0 aliphatic carbocycles. The molecule has 0 atom stereocenters. The standard InChI is InChI=1S/C4H12N2O2/c1-8-4-2-3-5-6-7/h5-7H,2-4H2,1H3. The number of ether oxygens (including phenoxy) is 1. The first-order chi connectivity index (χ1) is 3.91. The van der Waals surface area contributed by atoms with Crippen LogP contribution in [0.15, 0.2) is 0 Å². The van der Waals surface area contributed by atoms with Gasteiger partial charge in [0.25, 0.3) is 0 Å². The van der Waals surface area contributed by atoms with E-state index < -0.39 is 0 Å². The molecular formula is C4H12N2O2. The van der Waals surface area contributed by atoms with Gasteiger partial charge in [-0.05, 0) is 6.42 Å². The second-order valence-electron chi connectivity index (χ2n) is 1.38. The van der Waals surface area contributed by atoms with E-state index in [2.05, 4.69) is 5.43 Å². The molecule has 0 aromatic heterocycles. The Morgan fingerprint density at radius 2 is 2.38 bits per heavy atom. The summed E-state index contributed by atoms with van der Waals surface area (Å²) in [5.74, 6) is 0. The van der Waals surface area contributed by atoms with Crippen LogP contribution in [0.4, 0.5) is 0 Å². The van der Waals surface area contributed by atoms with Gasteiger partial charge in [0.05, 0.1) is 0 Å². The van der Waals surface area contributed by atoms with Crippen LogP contribution < -0.4 is 11.0 Å². The predicted octanol–water partition coefficient (Wildman–Crippen LogP) is -0.494. The number of methoxy groups -OCH3 is 1. The molecule has 4 nitrogen and oxygen atoms in total. The van der Waals surface area contributed by atoms with Gasteiger partial charge in [0.1, 0.15) is 0 Å². The summed E-state index contributed by atoms with van der Waals surface area (Å²) in [5, 5.41) is 7.96. The summed E-state index contributed by atoms with van der Waals surface area (Å²) < 4.78 is 4.74. The van der Waals surface area contributed by atoms with Crippen LogP contribution in [0.5, 0.6) is 0 Å². The fraction of sp³-hybridized carbons (Fsp3) is 1.00. The van der Waals surface area contributed by atoms with Crippen LogP contribution in [-0.2, 0) is 4.74 Å². The quantitative estimate of drug-likeness (QED) is 0.338. The largest absolute Gasteiger partial charge is 0.385 e. The number of nitrogens with one attached hydrogen (secondary N) is 2. The van der Waals surface area contributed by atoms with E-state index in [4.69, 9.17) is 9.94 Å². The van der Waals surface area contributed by atoms with E-state index in [9.17, 15) is 0 Å². The highest BCUT2D eigenvalue weighted by Crippen LogP contribution is 1.73. The first-order valence-electron chi connectivity index (χ1n) is 2.52. The third kappa shape index (κ3) is 5.84. The fourth-order valence-electron chi connectivity index (χ4n) is 0.361. The zero-order valence-corrected chi connectivity index (χ0v) is 4.98. The van der Waals surface area contributed by atoms with Crippen molar-refractivity contribution in [3.05, 3.63) is 0 Å². The van der Waals surface area contributed by atoms with Crippen molar-refractivity contribution in [3.8, 4) is 0 Å². The lowest BCUT2D eigenvalue weighted by molar-refractivity contribution is 0.114. The van der Waals surface area contributed by atoms with Gasteiger partial charge >= 0.3 is 0 Å². The molecule has 0 rings (SSSR count). The first-order valence-corrected chi connectivity index (χ1v) is 2.52. The molecule has 0 unspecified atom stereocenters. The van der Waals surface area contributed by atoms with Crippen molar-refractivity contribution in [3.63, 3.8) is 0 Å². The van der Waals surface area contributed by atoms with Crippen LogP contribution in [0, 0.1) is 0 Å². The lowest BCUT2D eigenvalue weighted by Gasteiger charge is -1.98. The van der Waals surface area contributed by atoms with E-state index in [1.54, 1.807) is 7.11 Å². The smallest absolute Gasteiger partial charge is 0.0474 e. The highest BCUT2D eigenvalue weighted by atomic mass is 16.5. The van der Waals surface area contributed by atoms with Gasteiger partial charge < -0.3 is 9.94 Å². The Hall–Kier alpha value is -0.160. The molecule has 0 saturated heterocycles. The zero-order chi connectivity index (χ0) is 6.24. The molecule has 0 saturated carbocycles. The monoisotopic (exact) mass is 120 g/mol. The Kier molecular flexibility index (Phi) is 6.70. The van der Waals surface area contributed by atoms with Crippen LogP contribution in [-0.4, -0.2) is 25.5 Å². The van der Waals surface area contributed by atoms with Crippen molar-refractivity contribution in [1.82, 2.24) is 11.0 Å². The molecule has 0 spiro atoms. The van der Waals surface area contributed by atoms with Crippen LogP contribution in [0.25, 0.3) is 0 Å². The summed E-state index contributed by atoms with van der Waals surface area (Å²) in [6.45, 7) is 1.43. The molecule has 50 valence electrons. The number of hydrogen-bond donors (Lipinski definition) is 3. The minimum atomic E-state index is 0.713. The highest BCUT2D eigenvalue weighted by molar-refractivity contribution is 4.35. The van der Waals surface area contributed by atoms with Crippen molar-refractivity contribution in [1.29, 1.82) is 0 Å². The SMILES string of the molecule is COCCCNNO. The van der Waals surface area contributed by atoms with Crippen molar-refractivity contribution < 1.29 is 9.94 Å². The van der Waals surface area contributed by atoms with Crippen molar-refractivity contribution in [2.24, 2.45) is 0 Å².